The molecule has 1 fully saturated rings. The lowest BCUT2D eigenvalue weighted by Gasteiger charge is -2.15. The molecule has 1 saturated heterocycles. The fourth-order valence-corrected chi connectivity index (χ4v) is 5.37. The maximum absolute atomic E-state index is 12.7. The van der Waals surface area contributed by atoms with E-state index >= 15 is 0 Å². The normalized spacial score (nSPS) is 15.7. The molecule has 0 spiro atoms. The number of hydrogen-bond donors (Lipinski definition) is 0. The van der Waals surface area contributed by atoms with Crippen molar-refractivity contribution in [3.63, 3.8) is 0 Å². The monoisotopic (exact) mass is 616 g/mol. The second-order valence-corrected chi connectivity index (χ2v) is 11.7. The smallest absolute Gasteiger partial charge is 0.494 e. The lowest BCUT2D eigenvalue weighted by Crippen LogP contribution is -2.28. The van der Waals surface area contributed by atoms with Crippen LogP contribution in [-0.4, -0.2) is 37.5 Å². The highest BCUT2D eigenvalue weighted by Gasteiger charge is 2.36. The third-order valence-corrected chi connectivity index (χ3v) is 8.01. The van der Waals surface area contributed by atoms with Crippen molar-refractivity contribution >= 4 is 12.1 Å². The Hall–Kier alpha value is -4.00. The van der Waals surface area contributed by atoms with Gasteiger partial charge in [-0.05, 0) is 72.5 Å². The van der Waals surface area contributed by atoms with Crippen molar-refractivity contribution in [3.8, 4) is 28.4 Å². The summed E-state index contributed by atoms with van der Waals surface area (Å²) in [5.41, 5.74) is 2.44. The molecular formula is C38H48O7. The Morgan fingerprint density at radius 3 is 1.71 bits per heavy atom. The van der Waals surface area contributed by atoms with Crippen molar-refractivity contribution in [2.24, 2.45) is 0 Å². The van der Waals surface area contributed by atoms with E-state index in [0.29, 0.717) is 23.7 Å². The van der Waals surface area contributed by atoms with Crippen molar-refractivity contribution in [2.75, 3.05) is 13.2 Å². The van der Waals surface area contributed by atoms with Crippen molar-refractivity contribution < 1.29 is 33.3 Å². The summed E-state index contributed by atoms with van der Waals surface area (Å²) in [5, 5.41) is 0. The highest BCUT2D eigenvalue weighted by molar-refractivity contribution is 5.91. The third-order valence-electron chi connectivity index (χ3n) is 8.01. The molecule has 1 heterocycles. The second-order valence-electron chi connectivity index (χ2n) is 11.7. The number of unbranched alkanes of at least 4 members (excludes halogenated alkanes) is 9. The van der Waals surface area contributed by atoms with Crippen LogP contribution >= 0.6 is 0 Å². The molecule has 2 unspecified atom stereocenters. The summed E-state index contributed by atoms with van der Waals surface area (Å²) in [6.45, 7) is 5.22. The zero-order chi connectivity index (χ0) is 31.7. The Bertz CT molecular complexity index is 1290. The van der Waals surface area contributed by atoms with Gasteiger partial charge in [0.15, 0.2) is 6.10 Å². The SMILES string of the molecule is CCCCCCCCCCCCOc1ccc(C(=O)Oc2ccc(-c3ccc(OCC4OC(=O)OC4CCC)cc3)cc2)cc1. The zero-order valence-electron chi connectivity index (χ0n) is 26.8. The maximum atomic E-state index is 12.7. The first-order valence-electron chi connectivity index (χ1n) is 16.7. The summed E-state index contributed by atoms with van der Waals surface area (Å²) < 4.78 is 27.7. The number of rotatable bonds is 20. The van der Waals surface area contributed by atoms with Crippen LogP contribution in [0.1, 0.15) is 101 Å². The molecule has 0 saturated carbocycles. The topological polar surface area (TPSA) is 80.3 Å². The number of cyclic esters (lactones) is 2. The zero-order valence-corrected chi connectivity index (χ0v) is 26.8. The number of carbonyl (C=O) groups excluding carboxylic acids is 2. The molecule has 0 N–H and O–H groups in total. The minimum absolute atomic E-state index is 0.241. The van der Waals surface area contributed by atoms with Crippen molar-refractivity contribution in [1.29, 1.82) is 0 Å². The fourth-order valence-electron chi connectivity index (χ4n) is 5.37. The molecule has 7 nitrogen and oxygen atoms in total. The van der Waals surface area contributed by atoms with Crippen LogP contribution in [-0.2, 0) is 9.47 Å². The molecule has 0 amide bonds. The Morgan fingerprint density at radius 2 is 1.11 bits per heavy atom. The van der Waals surface area contributed by atoms with Gasteiger partial charge in [0.25, 0.3) is 0 Å². The molecule has 2 atom stereocenters. The first-order chi connectivity index (χ1) is 22.1. The average molecular weight is 617 g/mol. The molecule has 0 aliphatic carbocycles. The predicted octanol–water partition coefficient (Wildman–Crippen LogP) is 9.96. The van der Waals surface area contributed by atoms with Gasteiger partial charge >= 0.3 is 12.1 Å². The number of ether oxygens (including phenoxy) is 5. The molecule has 45 heavy (non-hydrogen) atoms. The van der Waals surface area contributed by atoms with Crippen LogP contribution in [0, 0.1) is 0 Å². The molecule has 0 radical (unpaired) electrons. The van der Waals surface area contributed by atoms with Crippen LogP contribution in [0.3, 0.4) is 0 Å². The summed E-state index contributed by atoms with van der Waals surface area (Å²) in [5.74, 6) is 1.50. The Balaban J connectivity index is 1.14. The number of hydrogen-bond acceptors (Lipinski definition) is 7. The summed E-state index contributed by atoms with van der Waals surface area (Å²) >= 11 is 0. The molecule has 0 bridgehead atoms. The number of benzene rings is 3. The Morgan fingerprint density at radius 1 is 0.600 bits per heavy atom. The molecule has 1 aliphatic heterocycles. The number of carbonyl (C=O) groups is 2. The van der Waals surface area contributed by atoms with Gasteiger partial charge in [0.2, 0.25) is 0 Å². The van der Waals surface area contributed by atoms with Gasteiger partial charge in [-0.3, -0.25) is 0 Å². The molecule has 4 rings (SSSR count). The molecule has 3 aromatic carbocycles. The summed E-state index contributed by atoms with van der Waals surface area (Å²) in [6.07, 6.45) is 13.3. The van der Waals surface area contributed by atoms with Crippen molar-refractivity contribution in [3.05, 3.63) is 78.4 Å². The van der Waals surface area contributed by atoms with Gasteiger partial charge < -0.3 is 23.7 Å². The third kappa shape index (κ3) is 11.5. The van der Waals surface area contributed by atoms with Crippen molar-refractivity contribution in [2.45, 2.75) is 103 Å². The summed E-state index contributed by atoms with van der Waals surface area (Å²) in [4.78, 5) is 24.2. The van der Waals surface area contributed by atoms with E-state index in [-0.39, 0.29) is 12.7 Å². The second kappa shape index (κ2) is 18.7. The Labute approximate surface area is 268 Å². The van der Waals surface area contributed by atoms with Crippen LogP contribution in [0.25, 0.3) is 11.1 Å². The first kappa shape index (κ1) is 33.9. The van der Waals surface area contributed by atoms with E-state index in [1.165, 1.54) is 57.8 Å². The van der Waals surface area contributed by atoms with Gasteiger partial charge in [-0.2, -0.15) is 0 Å². The van der Waals surface area contributed by atoms with E-state index < -0.39 is 18.2 Å². The van der Waals surface area contributed by atoms with Crippen LogP contribution in [0.4, 0.5) is 4.79 Å². The van der Waals surface area contributed by atoms with Gasteiger partial charge in [0.05, 0.1) is 12.2 Å². The van der Waals surface area contributed by atoms with Gasteiger partial charge in [-0.15, -0.1) is 0 Å². The molecular weight excluding hydrogens is 568 g/mol. The predicted molar refractivity (Wildman–Crippen MR) is 176 cm³/mol. The van der Waals surface area contributed by atoms with E-state index in [4.69, 9.17) is 23.7 Å². The molecule has 1 aliphatic rings. The van der Waals surface area contributed by atoms with Crippen LogP contribution in [0.2, 0.25) is 0 Å². The van der Waals surface area contributed by atoms with E-state index in [2.05, 4.69) is 6.92 Å². The van der Waals surface area contributed by atoms with Crippen molar-refractivity contribution in [1.82, 2.24) is 0 Å². The van der Waals surface area contributed by atoms with Crippen LogP contribution in [0.15, 0.2) is 72.8 Å². The average Bonchev–Trinajstić information content (AvgIpc) is 3.42. The lowest BCUT2D eigenvalue weighted by molar-refractivity contribution is 0.0734. The minimum atomic E-state index is -0.635. The quantitative estimate of drug-likeness (QED) is 0.0710. The largest absolute Gasteiger partial charge is 0.509 e. The molecule has 3 aromatic rings. The first-order valence-corrected chi connectivity index (χ1v) is 16.7. The van der Waals surface area contributed by atoms with Crippen LogP contribution < -0.4 is 14.2 Å². The van der Waals surface area contributed by atoms with E-state index in [9.17, 15) is 9.59 Å². The van der Waals surface area contributed by atoms with E-state index in [0.717, 1.165) is 36.1 Å². The summed E-state index contributed by atoms with van der Waals surface area (Å²) in [6, 6.07) is 22.2. The molecule has 242 valence electrons. The van der Waals surface area contributed by atoms with Gasteiger partial charge in [-0.25, -0.2) is 9.59 Å². The highest BCUT2D eigenvalue weighted by Crippen LogP contribution is 2.26. The van der Waals surface area contributed by atoms with Gasteiger partial charge in [0.1, 0.15) is 30.0 Å². The van der Waals surface area contributed by atoms with E-state index in [1.807, 2.05) is 55.5 Å². The maximum Gasteiger partial charge on any atom is 0.509 e. The number of esters is 1. The minimum Gasteiger partial charge on any atom is -0.494 e. The van der Waals surface area contributed by atoms with E-state index in [1.54, 1.807) is 24.3 Å². The molecule has 0 aromatic heterocycles. The summed E-state index contributed by atoms with van der Waals surface area (Å²) in [7, 11) is 0. The lowest BCUT2D eigenvalue weighted by atomic mass is 10.1. The standard InChI is InChI=1S/C38H48O7/c1-3-5-6-7-8-9-10-11-12-13-27-41-32-23-19-31(20-24-32)37(39)43-34-25-17-30(18-26-34)29-15-21-33(22-16-29)42-28-36-35(14-4-2)44-38(40)45-36/h15-26,35-36H,3-14,27-28H2,1-2H3. The van der Waals surface area contributed by atoms with Gasteiger partial charge in [0, 0.05) is 0 Å². The van der Waals surface area contributed by atoms with Gasteiger partial charge in [-0.1, -0.05) is 102 Å². The molecule has 7 heteroatoms. The Kier molecular flexibility index (Phi) is 14.1. The fraction of sp³-hybridized carbons (Fsp3) is 0.474. The highest BCUT2D eigenvalue weighted by atomic mass is 16.8. The van der Waals surface area contributed by atoms with Crippen LogP contribution in [0.5, 0.6) is 17.2 Å².